The molecule has 13 rings (SSSR count). The lowest BCUT2D eigenvalue weighted by atomic mass is 9.81. The first-order valence-electron chi connectivity index (χ1n) is 37.1. The fourth-order valence-corrected chi connectivity index (χ4v) is 20.9. The molecule has 624 valence electrons. The first kappa shape index (κ1) is 86.5. The van der Waals surface area contributed by atoms with Crippen LogP contribution < -0.4 is 33.5 Å². The molecule has 0 amide bonds. The van der Waals surface area contributed by atoms with Gasteiger partial charge in [-0.05, 0) is 177 Å². The van der Waals surface area contributed by atoms with E-state index in [0.717, 1.165) is 24.3 Å². The van der Waals surface area contributed by atoms with Crippen molar-refractivity contribution in [2.24, 2.45) is 0 Å². The van der Waals surface area contributed by atoms with Crippen LogP contribution in [0.2, 0.25) is 0 Å². The Hall–Kier alpha value is -11.4. The summed E-state index contributed by atoms with van der Waals surface area (Å²) in [5, 5.41) is 0. The molecule has 0 fully saturated rings. The maximum Gasteiger partial charge on any atom is 0.339 e. The van der Waals surface area contributed by atoms with Gasteiger partial charge >= 0.3 is 80.9 Å². The van der Waals surface area contributed by atoms with Crippen LogP contribution in [0.4, 0.5) is 0 Å². The van der Waals surface area contributed by atoms with Crippen LogP contribution in [0.5, 0.6) is 46.0 Å². The van der Waals surface area contributed by atoms with E-state index in [4.69, 9.17) is 33.5 Å². The van der Waals surface area contributed by atoms with Gasteiger partial charge in [0.25, 0.3) is 0 Å². The molecule has 0 spiro atoms. The van der Waals surface area contributed by atoms with Gasteiger partial charge in [-0.2, -0.15) is 67.3 Å². The topological polar surface area (TPSA) is 347 Å². The third kappa shape index (κ3) is 18.6. The number of fused-ring (bicyclic) bond motifs is 8. The Labute approximate surface area is 699 Å². The van der Waals surface area contributed by atoms with E-state index in [2.05, 4.69) is 0 Å². The Morgan fingerprint density at radius 2 is 0.250 bits per heavy atom. The number of benzene rings is 12. The fourth-order valence-electron chi connectivity index (χ4n) is 13.3. The van der Waals surface area contributed by atoms with Crippen molar-refractivity contribution in [1.82, 2.24) is 0 Å². The monoisotopic (exact) mass is 1780 g/mol. The first-order valence-corrected chi connectivity index (χ1v) is 48.3. The van der Waals surface area contributed by atoms with Crippen LogP contribution >= 0.6 is 0 Å². The van der Waals surface area contributed by atoms with Crippen LogP contribution in [-0.2, 0) is 80.9 Å². The summed E-state index contributed by atoms with van der Waals surface area (Å²) in [7, 11) is -41.0. The van der Waals surface area contributed by atoms with E-state index in [0.29, 0.717) is 44.5 Å². The molecule has 120 heavy (non-hydrogen) atoms. The van der Waals surface area contributed by atoms with Crippen molar-refractivity contribution in [1.29, 1.82) is 0 Å². The molecule has 0 atom stereocenters. The Balaban J connectivity index is 1.23. The summed E-state index contributed by atoms with van der Waals surface area (Å²) in [4.78, 5) is -3.52. The van der Waals surface area contributed by atoms with Gasteiger partial charge in [-0.3, -0.25) is 0 Å². The van der Waals surface area contributed by atoms with Gasteiger partial charge < -0.3 is 33.5 Å². The minimum atomic E-state index is -5.12. The van der Waals surface area contributed by atoms with Gasteiger partial charge in [-0.25, -0.2) is 0 Å². The van der Waals surface area contributed by atoms with Gasteiger partial charge in [0, 0.05) is 92.4 Å². The highest BCUT2D eigenvalue weighted by atomic mass is 32.3. The van der Waals surface area contributed by atoms with Crippen molar-refractivity contribution in [2.45, 2.75) is 146 Å². The summed E-state index contributed by atoms with van der Waals surface area (Å²) in [5.74, 6) is -12.4. The maximum atomic E-state index is 15.2. The number of hydrogen-bond donors (Lipinski definition) is 0. The molecule has 12 aromatic carbocycles. The largest absolute Gasteiger partial charge is 0.379 e. The predicted octanol–water partition coefficient (Wildman–Crippen LogP) is 17.2. The van der Waals surface area contributed by atoms with Crippen molar-refractivity contribution in [2.75, 3.05) is 0 Å². The number of aryl methyl sites for hydroxylation is 8. The molecular weight excluding hydrogens is 1700 g/mol. The number of rotatable bonds is 24. The zero-order valence-electron chi connectivity index (χ0n) is 66.5. The lowest BCUT2D eigenvalue weighted by Crippen LogP contribution is -2.19. The summed E-state index contributed by atoms with van der Waals surface area (Å²) in [6.45, 7) is 19.2. The molecule has 1 aliphatic rings. The van der Waals surface area contributed by atoms with Crippen molar-refractivity contribution in [3.63, 3.8) is 0 Å². The molecule has 0 aromatic heterocycles. The maximum absolute atomic E-state index is 15.2. The zero-order valence-corrected chi connectivity index (χ0v) is 73.0. The van der Waals surface area contributed by atoms with Crippen molar-refractivity contribution in [3.05, 3.63) is 332 Å². The highest BCUT2D eigenvalue weighted by molar-refractivity contribution is 7.89. The van der Waals surface area contributed by atoms with E-state index in [-0.39, 0.29) is 44.5 Å². The quantitative estimate of drug-likeness (QED) is 0.0507. The third-order valence-corrected chi connectivity index (χ3v) is 30.4. The molecule has 1 aliphatic carbocycles. The summed E-state index contributed by atoms with van der Waals surface area (Å²) in [6.07, 6.45) is 0. The SMILES string of the molecule is Cc1ccc(S(=O)(=O)Oc2cc(OS(=O)(=O)c3ccc(C)cc3)c3cc2C(C)c2cc(c(OS(=O)(=O)c4ccc(C)cc4)cc2OS(=O)(=O)c2ccc(C)cc2)C(C)c2cc(c(OS(=O)(=O)c4ccc(C)cc4)cc2OS(=O)(=O)c2ccc(C)cc2)C(C)c2cc(c(OS(=O)(=O)c4ccc(C)cc4)cc2OS(=O)(=O)c2ccc(C)cc2)C3C)cc1. The van der Waals surface area contributed by atoms with Crippen LogP contribution in [-0.4, -0.2) is 67.3 Å². The second-order valence-electron chi connectivity index (χ2n) is 29.4. The molecule has 0 unspecified atom stereocenters. The average molecular weight is 1780 g/mol. The molecule has 0 radical (unpaired) electrons. The molecular formula is C88H80O24S8. The molecule has 0 saturated carbocycles. The Kier molecular flexibility index (Phi) is 23.8. The van der Waals surface area contributed by atoms with Gasteiger partial charge in [-0.15, -0.1) is 0 Å². The molecule has 8 bridgehead atoms. The van der Waals surface area contributed by atoms with Gasteiger partial charge in [0.15, 0.2) is 46.0 Å². The second-order valence-corrected chi connectivity index (χ2v) is 41.8. The average Bonchev–Trinajstić information content (AvgIpc) is 0.738. The summed E-state index contributed by atoms with van der Waals surface area (Å²) < 4.78 is 294. The van der Waals surface area contributed by atoms with E-state index >= 15 is 67.3 Å². The number of hydrogen-bond acceptors (Lipinski definition) is 24. The summed E-state index contributed by atoms with van der Waals surface area (Å²) in [5.41, 5.74) is 2.48. The summed E-state index contributed by atoms with van der Waals surface area (Å²) in [6, 6.07) is 51.7. The van der Waals surface area contributed by atoms with E-state index < -0.39 is 190 Å². The molecule has 12 aromatic rings. The van der Waals surface area contributed by atoms with Crippen LogP contribution in [0.1, 0.15) is 140 Å². The smallest absolute Gasteiger partial charge is 0.339 e. The fraction of sp³-hybridized carbons (Fsp3) is 0.182. The summed E-state index contributed by atoms with van der Waals surface area (Å²) >= 11 is 0. The lowest BCUT2D eigenvalue weighted by molar-refractivity contribution is 0.466. The van der Waals surface area contributed by atoms with Crippen molar-refractivity contribution < 1.29 is 101 Å². The molecule has 0 N–H and O–H groups in total. The first-order chi connectivity index (χ1) is 56.3. The highest BCUT2D eigenvalue weighted by Crippen LogP contribution is 2.53. The highest BCUT2D eigenvalue weighted by Gasteiger charge is 2.39. The van der Waals surface area contributed by atoms with Crippen molar-refractivity contribution >= 4 is 80.9 Å². The van der Waals surface area contributed by atoms with Crippen LogP contribution in [0.25, 0.3) is 0 Å². The minimum absolute atomic E-state index is 0.309. The molecule has 0 aliphatic heterocycles. The van der Waals surface area contributed by atoms with Crippen molar-refractivity contribution in [3.8, 4) is 46.0 Å². The van der Waals surface area contributed by atoms with Gasteiger partial charge in [0.2, 0.25) is 0 Å². The Morgan fingerprint density at radius 3 is 0.342 bits per heavy atom. The molecule has 0 heterocycles. The predicted molar refractivity (Wildman–Crippen MR) is 448 cm³/mol. The van der Waals surface area contributed by atoms with Gasteiger partial charge in [0.1, 0.15) is 39.2 Å². The normalized spacial score (nSPS) is 15.4. The van der Waals surface area contributed by atoms with Crippen LogP contribution in [0.3, 0.4) is 0 Å². The van der Waals surface area contributed by atoms with Gasteiger partial charge in [-0.1, -0.05) is 169 Å². The van der Waals surface area contributed by atoms with E-state index in [1.807, 2.05) is 0 Å². The Morgan fingerprint density at radius 1 is 0.158 bits per heavy atom. The standard InChI is InChI=1S/C88H80O24S8/c1-53-13-29-65(30-14-53)113(89,90)105-81-49-82(106-114(91,92)66-31-15-54(2)16-32-66)74-45-73(81)61(9)75-46-76(84(108-116(95,96)68-35-19-56(4)20-36-68)50-83(75)107-115(93,94)67-33-17-55(3)18-34-67)63(11)79-48-80(88(112-120(103,104)72-43-27-60(8)28-44-72)52-87(79)111-119(101,102)71-41-25-59(7)26-42-71)64(12)78-47-77(62(74)10)85(109-117(97,98)69-37-21-57(5)22-38-69)51-86(78)110-118(99,100)70-39-23-58(6)24-40-70/h13-52,61-64H,1-12H3. The molecule has 32 heteroatoms. The van der Waals surface area contributed by atoms with E-state index in [1.54, 1.807) is 55.4 Å². The molecule has 0 saturated heterocycles. The van der Waals surface area contributed by atoms with Gasteiger partial charge in [0.05, 0.1) is 0 Å². The van der Waals surface area contributed by atoms with E-state index in [9.17, 15) is 0 Å². The molecule has 24 nitrogen and oxygen atoms in total. The zero-order chi connectivity index (χ0) is 86.7. The Bertz CT molecular complexity index is 5740. The van der Waals surface area contributed by atoms with E-state index in [1.165, 1.54) is 246 Å². The lowest BCUT2D eigenvalue weighted by Gasteiger charge is -2.29. The minimum Gasteiger partial charge on any atom is -0.379 e. The third-order valence-electron chi connectivity index (χ3n) is 20.4. The van der Waals surface area contributed by atoms with Crippen LogP contribution in [0.15, 0.2) is 282 Å². The second kappa shape index (κ2) is 33.0. The van der Waals surface area contributed by atoms with Crippen LogP contribution in [0, 0.1) is 55.4 Å².